The number of ether oxygens (including phenoxy) is 2. The van der Waals surface area contributed by atoms with Gasteiger partial charge in [0.05, 0.1) is 23.9 Å². The third-order valence-electron chi connectivity index (χ3n) is 5.19. The molecule has 1 aliphatic heterocycles. The molecule has 1 aliphatic rings. The Labute approximate surface area is 201 Å². The number of ketones is 1. The molecule has 9 nitrogen and oxygen atoms in total. The van der Waals surface area contributed by atoms with Crippen molar-refractivity contribution in [3.8, 4) is 0 Å². The first-order chi connectivity index (χ1) is 16.2. The maximum absolute atomic E-state index is 15.7. The lowest BCUT2D eigenvalue weighted by atomic mass is 10.0. The van der Waals surface area contributed by atoms with E-state index in [1.54, 1.807) is 20.8 Å². The number of Topliss-reactive ketones (excluding diaryl/α,β-unsaturated/α-hetero) is 1. The second kappa shape index (κ2) is 11.0. The first kappa shape index (κ1) is 27.9. The second-order valence-electron chi connectivity index (χ2n) is 9.08. The van der Waals surface area contributed by atoms with Gasteiger partial charge in [-0.3, -0.25) is 14.4 Å². The van der Waals surface area contributed by atoms with E-state index in [1.165, 1.54) is 11.8 Å². The van der Waals surface area contributed by atoms with Crippen LogP contribution in [0.3, 0.4) is 0 Å². The van der Waals surface area contributed by atoms with Crippen molar-refractivity contribution in [3.05, 3.63) is 23.0 Å². The van der Waals surface area contributed by atoms with Crippen LogP contribution in [0.1, 0.15) is 57.8 Å². The Balaban J connectivity index is 2.45. The number of nitrogens with zero attached hydrogens (tertiary/aromatic N) is 2. The lowest BCUT2D eigenvalue weighted by Gasteiger charge is -2.26. The van der Waals surface area contributed by atoms with Gasteiger partial charge in [0.15, 0.2) is 23.2 Å². The monoisotopic (exact) mass is 501 g/mol. The average molecular weight is 502 g/mol. The Bertz CT molecular complexity index is 1020. The van der Waals surface area contributed by atoms with Crippen molar-refractivity contribution >= 4 is 35.1 Å². The van der Waals surface area contributed by atoms with Gasteiger partial charge in [0.1, 0.15) is 17.7 Å². The van der Waals surface area contributed by atoms with Gasteiger partial charge in [-0.1, -0.05) is 0 Å². The summed E-state index contributed by atoms with van der Waals surface area (Å²) in [5.41, 5.74) is -3.38. The number of hydrogen-bond donors (Lipinski definition) is 1. The summed E-state index contributed by atoms with van der Waals surface area (Å²) < 4.78 is 55.8. The Morgan fingerprint density at radius 1 is 1.11 bits per heavy atom. The SMILES string of the molecule is CCOC(=O)CC(=O)c1c(F)c(F)c(N2CCC(NC(=O)OC(C)(C)C)C2)c(F)c1N(C)C(C)=O. The van der Waals surface area contributed by atoms with Gasteiger partial charge in [0.2, 0.25) is 5.91 Å². The van der Waals surface area contributed by atoms with Gasteiger partial charge in [0, 0.05) is 27.1 Å². The zero-order chi connectivity index (χ0) is 26.7. The highest BCUT2D eigenvalue weighted by Gasteiger charge is 2.37. The smallest absolute Gasteiger partial charge is 0.407 e. The molecule has 1 heterocycles. The van der Waals surface area contributed by atoms with Crippen LogP contribution in [0.4, 0.5) is 29.3 Å². The normalized spacial score (nSPS) is 15.6. The van der Waals surface area contributed by atoms with Crippen LogP contribution in [-0.4, -0.2) is 62.1 Å². The van der Waals surface area contributed by atoms with Gasteiger partial charge >= 0.3 is 12.1 Å². The van der Waals surface area contributed by atoms with E-state index in [-0.39, 0.29) is 26.1 Å². The van der Waals surface area contributed by atoms with E-state index < -0.39 is 76.2 Å². The molecule has 1 atom stereocenters. The third-order valence-corrected chi connectivity index (χ3v) is 5.19. The van der Waals surface area contributed by atoms with Gasteiger partial charge in [-0.15, -0.1) is 0 Å². The Hall–Kier alpha value is -3.31. The molecular weight excluding hydrogens is 471 g/mol. The summed E-state index contributed by atoms with van der Waals surface area (Å²) in [6, 6.07) is -0.550. The number of carbonyl (C=O) groups is 4. The fraction of sp³-hybridized carbons (Fsp3) is 0.565. The summed E-state index contributed by atoms with van der Waals surface area (Å²) in [6.07, 6.45) is -1.40. The summed E-state index contributed by atoms with van der Waals surface area (Å²) in [5.74, 6) is -7.67. The first-order valence-electron chi connectivity index (χ1n) is 11.1. The summed E-state index contributed by atoms with van der Waals surface area (Å²) in [4.78, 5) is 50.2. The van der Waals surface area contributed by atoms with Crippen LogP contribution in [-0.2, 0) is 19.1 Å². The zero-order valence-corrected chi connectivity index (χ0v) is 20.6. The van der Waals surface area contributed by atoms with Crippen LogP contribution in [0, 0.1) is 17.5 Å². The summed E-state index contributed by atoms with van der Waals surface area (Å²) in [7, 11) is 1.10. The van der Waals surface area contributed by atoms with E-state index in [2.05, 4.69) is 10.1 Å². The Kier molecular flexibility index (Phi) is 8.74. The van der Waals surface area contributed by atoms with Crippen molar-refractivity contribution in [1.29, 1.82) is 0 Å². The predicted molar refractivity (Wildman–Crippen MR) is 121 cm³/mol. The lowest BCUT2D eigenvalue weighted by Crippen LogP contribution is -2.40. The van der Waals surface area contributed by atoms with Gasteiger partial charge < -0.3 is 24.6 Å². The van der Waals surface area contributed by atoms with Crippen molar-refractivity contribution in [2.75, 3.05) is 36.5 Å². The molecule has 1 N–H and O–H groups in total. The van der Waals surface area contributed by atoms with E-state index in [4.69, 9.17) is 4.74 Å². The van der Waals surface area contributed by atoms with E-state index >= 15 is 13.2 Å². The van der Waals surface area contributed by atoms with Gasteiger partial charge in [0.25, 0.3) is 0 Å². The minimum absolute atomic E-state index is 0.0487. The largest absolute Gasteiger partial charge is 0.466 e. The van der Waals surface area contributed by atoms with Crippen LogP contribution in [0.2, 0.25) is 0 Å². The van der Waals surface area contributed by atoms with Gasteiger partial charge in [-0.2, -0.15) is 0 Å². The maximum atomic E-state index is 15.7. The average Bonchev–Trinajstić information content (AvgIpc) is 3.16. The summed E-state index contributed by atoms with van der Waals surface area (Å²) in [6.45, 7) is 7.50. The zero-order valence-electron chi connectivity index (χ0n) is 20.6. The molecule has 2 rings (SSSR count). The van der Waals surface area contributed by atoms with E-state index in [0.717, 1.165) is 14.0 Å². The van der Waals surface area contributed by atoms with Crippen molar-refractivity contribution in [3.63, 3.8) is 0 Å². The highest BCUT2D eigenvalue weighted by molar-refractivity contribution is 6.11. The molecule has 35 heavy (non-hydrogen) atoms. The number of anilines is 2. The van der Waals surface area contributed by atoms with Gasteiger partial charge in [-0.25, -0.2) is 18.0 Å². The molecule has 1 saturated heterocycles. The van der Waals surface area contributed by atoms with Crippen LogP contribution in [0.5, 0.6) is 0 Å². The van der Waals surface area contributed by atoms with Crippen molar-refractivity contribution in [2.45, 2.75) is 59.1 Å². The molecule has 0 aliphatic carbocycles. The summed E-state index contributed by atoms with van der Waals surface area (Å²) >= 11 is 0. The van der Waals surface area contributed by atoms with E-state index in [0.29, 0.717) is 4.90 Å². The molecular formula is C23H30F3N3O6. The minimum atomic E-state index is -1.69. The Morgan fingerprint density at radius 2 is 1.74 bits per heavy atom. The highest BCUT2D eigenvalue weighted by Crippen LogP contribution is 2.39. The quantitative estimate of drug-likeness (QED) is 0.264. The molecule has 194 valence electrons. The number of halogens is 3. The van der Waals surface area contributed by atoms with E-state index in [1.807, 2.05) is 0 Å². The number of benzene rings is 1. The molecule has 1 fully saturated rings. The van der Waals surface area contributed by atoms with E-state index in [9.17, 15) is 19.2 Å². The van der Waals surface area contributed by atoms with Crippen molar-refractivity contribution < 1.29 is 41.8 Å². The van der Waals surface area contributed by atoms with Crippen LogP contribution < -0.4 is 15.1 Å². The highest BCUT2D eigenvalue weighted by atomic mass is 19.2. The molecule has 2 amide bonds. The lowest BCUT2D eigenvalue weighted by molar-refractivity contribution is -0.142. The standard InChI is InChI=1S/C23H30F3N3O6/c1-7-34-15(32)10-14(31)16-17(24)18(25)21(19(26)20(16)28(6)12(2)30)29-9-8-13(11-29)27-22(33)35-23(3,4)5/h13H,7-11H2,1-6H3,(H,27,33). The molecule has 1 unspecified atom stereocenters. The fourth-order valence-electron chi connectivity index (χ4n) is 3.63. The van der Waals surface area contributed by atoms with Crippen LogP contribution >= 0.6 is 0 Å². The molecule has 0 saturated carbocycles. The summed E-state index contributed by atoms with van der Waals surface area (Å²) in [5, 5.41) is 2.60. The van der Waals surface area contributed by atoms with Crippen molar-refractivity contribution in [2.24, 2.45) is 0 Å². The number of esters is 1. The Morgan fingerprint density at radius 3 is 2.29 bits per heavy atom. The fourth-order valence-corrected chi connectivity index (χ4v) is 3.63. The second-order valence-corrected chi connectivity index (χ2v) is 9.08. The molecule has 0 aromatic heterocycles. The van der Waals surface area contributed by atoms with Gasteiger partial charge in [-0.05, 0) is 34.1 Å². The topological polar surface area (TPSA) is 105 Å². The number of rotatable bonds is 7. The first-order valence-corrected chi connectivity index (χ1v) is 11.1. The number of amides is 2. The number of carbonyl (C=O) groups excluding carboxylic acids is 4. The number of alkyl carbamates (subject to hydrolysis) is 1. The molecule has 0 radical (unpaired) electrons. The maximum Gasteiger partial charge on any atom is 0.407 e. The molecule has 0 bridgehead atoms. The minimum Gasteiger partial charge on any atom is -0.466 e. The van der Waals surface area contributed by atoms with Crippen molar-refractivity contribution in [1.82, 2.24) is 5.32 Å². The third kappa shape index (κ3) is 6.64. The number of hydrogen-bond acceptors (Lipinski definition) is 7. The molecule has 12 heteroatoms. The number of nitrogens with one attached hydrogen (secondary N) is 1. The van der Waals surface area contributed by atoms with Crippen LogP contribution in [0.25, 0.3) is 0 Å². The van der Waals surface area contributed by atoms with Crippen LogP contribution in [0.15, 0.2) is 0 Å². The molecule has 1 aromatic rings. The predicted octanol–water partition coefficient (Wildman–Crippen LogP) is 3.33. The molecule has 1 aromatic carbocycles. The molecule has 0 spiro atoms.